The number of aliphatic hydroxyl groups is 1. The van der Waals surface area contributed by atoms with Gasteiger partial charge in [0.05, 0.1) is 6.10 Å². The van der Waals surface area contributed by atoms with Crippen molar-refractivity contribution in [2.45, 2.75) is 69.6 Å². The second-order valence-electron chi connectivity index (χ2n) is 8.69. The van der Waals surface area contributed by atoms with Crippen molar-refractivity contribution < 1.29 is 9.90 Å². The van der Waals surface area contributed by atoms with Gasteiger partial charge in [0.1, 0.15) is 0 Å². The van der Waals surface area contributed by atoms with Gasteiger partial charge in [-0.15, -0.1) is 12.4 Å². The van der Waals surface area contributed by atoms with E-state index in [1.165, 1.54) is 19.3 Å². The Morgan fingerprint density at radius 2 is 1.78 bits per heavy atom. The van der Waals surface area contributed by atoms with Crippen molar-refractivity contribution in [3.63, 3.8) is 0 Å². The highest BCUT2D eigenvalue weighted by Gasteiger charge is 2.43. The Bertz CT molecular complexity index is 612. The molecule has 150 valence electrons. The normalized spacial score (nSPS) is 34.0. The third kappa shape index (κ3) is 4.33. The van der Waals surface area contributed by atoms with Gasteiger partial charge in [-0.2, -0.15) is 0 Å². The molecule has 2 aliphatic carbocycles. The fraction of sp³-hybridized carbons (Fsp3) is 0.682. The lowest BCUT2D eigenvalue weighted by Crippen LogP contribution is -2.50. The highest BCUT2D eigenvalue weighted by Crippen LogP contribution is 2.43. The van der Waals surface area contributed by atoms with Gasteiger partial charge in [-0.1, -0.05) is 36.8 Å². The molecule has 3 N–H and O–H groups in total. The fourth-order valence-electron chi connectivity index (χ4n) is 5.67. The van der Waals surface area contributed by atoms with Crippen molar-refractivity contribution in [3.8, 4) is 0 Å². The van der Waals surface area contributed by atoms with Gasteiger partial charge in [-0.05, 0) is 62.3 Å². The lowest BCUT2D eigenvalue weighted by atomic mass is 9.65. The van der Waals surface area contributed by atoms with Crippen LogP contribution in [0.25, 0.3) is 0 Å². The third-order valence-corrected chi connectivity index (χ3v) is 7.10. The number of benzene rings is 1. The van der Waals surface area contributed by atoms with Gasteiger partial charge in [0, 0.05) is 24.5 Å². The van der Waals surface area contributed by atoms with Gasteiger partial charge < -0.3 is 15.7 Å². The molecule has 3 fully saturated rings. The summed E-state index contributed by atoms with van der Waals surface area (Å²) in [4.78, 5) is 15.4. The van der Waals surface area contributed by atoms with E-state index in [0.29, 0.717) is 30.2 Å². The Morgan fingerprint density at radius 1 is 1.11 bits per heavy atom. The fourth-order valence-corrected chi connectivity index (χ4v) is 5.67. The predicted octanol–water partition coefficient (Wildman–Crippen LogP) is 3.68. The van der Waals surface area contributed by atoms with Crippen LogP contribution >= 0.6 is 12.4 Å². The van der Waals surface area contributed by atoms with Crippen LogP contribution in [-0.2, 0) is 4.79 Å². The monoisotopic (exact) mass is 392 g/mol. The van der Waals surface area contributed by atoms with Gasteiger partial charge >= 0.3 is 0 Å². The third-order valence-electron chi connectivity index (χ3n) is 7.10. The summed E-state index contributed by atoms with van der Waals surface area (Å²) >= 11 is 0. The summed E-state index contributed by atoms with van der Waals surface area (Å²) in [6.07, 6.45) is 7.82. The number of carbonyl (C=O) groups excluding carboxylic acids is 1. The van der Waals surface area contributed by atoms with E-state index < -0.39 is 6.10 Å². The molecule has 1 saturated heterocycles. The second kappa shape index (κ2) is 8.93. The smallest absolute Gasteiger partial charge is 0.225 e. The zero-order chi connectivity index (χ0) is 18.1. The Morgan fingerprint density at radius 3 is 2.44 bits per heavy atom. The van der Waals surface area contributed by atoms with Crippen LogP contribution in [0.1, 0.15) is 63.0 Å². The van der Waals surface area contributed by atoms with Crippen molar-refractivity contribution in [1.82, 2.24) is 4.90 Å². The highest BCUT2D eigenvalue weighted by molar-refractivity contribution is 5.85. The predicted molar refractivity (Wildman–Crippen MR) is 110 cm³/mol. The van der Waals surface area contributed by atoms with Crippen molar-refractivity contribution in [3.05, 3.63) is 35.9 Å². The van der Waals surface area contributed by atoms with Crippen LogP contribution in [0, 0.1) is 17.8 Å². The first kappa shape index (κ1) is 20.6. The summed E-state index contributed by atoms with van der Waals surface area (Å²) in [6, 6.07) is 10.3. The molecule has 4 atom stereocenters. The van der Waals surface area contributed by atoms with Crippen LogP contribution in [0.3, 0.4) is 0 Å². The molecule has 0 radical (unpaired) electrons. The van der Waals surface area contributed by atoms with Gasteiger partial charge in [0.15, 0.2) is 0 Å². The van der Waals surface area contributed by atoms with E-state index in [4.69, 9.17) is 5.73 Å². The van der Waals surface area contributed by atoms with Gasteiger partial charge in [-0.3, -0.25) is 4.79 Å². The Labute approximate surface area is 168 Å². The molecular formula is C22H33ClN2O2. The summed E-state index contributed by atoms with van der Waals surface area (Å²) in [5.74, 6) is 1.55. The van der Waals surface area contributed by atoms with E-state index in [2.05, 4.69) is 4.90 Å². The van der Waals surface area contributed by atoms with Crippen LogP contribution < -0.4 is 5.73 Å². The molecule has 1 aliphatic heterocycles. The molecule has 4 unspecified atom stereocenters. The molecule has 0 spiro atoms. The molecule has 3 aliphatic rings. The van der Waals surface area contributed by atoms with E-state index >= 15 is 0 Å². The van der Waals surface area contributed by atoms with Crippen LogP contribution in [0.4, 0.5) is 0 Å². The topological polar surface area (TPSA) is 66.6 Å². The largest absolute Gasteiger partial charge is 0.388 e. The van der Waals surface area contributed by atoms with Crippen LogP contribution in [0.2, 0.25) is 0 Å². The maximum absolute atomic E-state index is 13.3. The summed E-state index contributed by atoms with van der Waals surface area (Å²) in [5, 5.41) is 10.6. The molecule has 4 rings (SSSR count). The average molecular weight is 393 g/mol. The zero-order valence-electron chi connectivity index (χ0n) is 16.0. The molecule has 1 heterocycles. The standard InChI is InChI=1S/C22H32N2O2.ClH/c23-21-16-8-4-9-17(21)13-18(12-16)22(26)24-11-5-10-19(24)14-20(25)15-6-2-1-3-7-15;/h1-3,6-7,16-21,25H,4-5,8-14,23H2;1H. The quantitative estimate of drug-likeness (QED) is 0.821. The first-order valence-corrected chi connectivity index (χ1v) is 10.4. The minimum atomic E-state index is -0.492. The SMILES string of the molecule is Cl.NC1C2CCCC1CC(C(=O)N1CCCC1CC(O)c1ccccc1)C2. The Hall–Kier alpha value is -1.10. The molecule has 1 amide bonds. The molecule has 2 saturated carbocycles. The maximum atomic E-state index is 13.3. The van der Waals surface area contributed by atoms with Gasteiger partial charge in [0.2, 0.25) is 5.91 Å². The molecule has 1 aromatic rings. The minimum Gasteiger partial charge on any atom is -0.388 e. The molecule has 27 heavy (non-hydrogen) atoms. The summed E-state index contributed by atoms with van der Waals surface area (Å²) < 4.78 is 0. The van der Waals surface area contributed by atoms with E-state index in [9.17, 15) is 9.90 Å². The van der Waals surface area contributed by atoms with Crippen molar-refractivity contribution in [1.29, 1.82) is 0 Å². The molecular weight excluding hydrogens is 360 g/mol. The Balaban J connectivity index is 0.00000210. The first-order valence-electron chi connectivity index (χ1n) is 10.4. The van der Waals surface area contributed by atoms with E-state index in [0.717, 1.165) is 37.8 Å². The van der Waals surface area contributed by atoms with E-state index in [1.54, 1.807) is 0 Å². The van der Waals surface area contributed by atoms with E-state index in [-0.39, 0.29) is 24.4 Å². The lowest BCUT2D eigenvalue weighted by Gasteiger charge is -2.44. The summed E-state index contributed by atoms with van der Waals surface area (Å²) in [6.45, 7) is 0.850. The summed E-state index contributed by atoms with van der Waals surface area (Å²) in [5.41, 5.74) is 7.35. The summed E-state index contributed by atoms with van der Waals surface area (Å²) in [7, 11) is 0. The zero-order valence-corrected chi connectivity index (χ0v) is 16.8. The van der Waals surface area contributed by atoms with Crippen molar-refractivity contribution in [2.75, 3.05) is 6.54 Å². The number of amides is 1. The van der Waals surface area contributed by atoms with Crippen LogP contribution in [0.5, 0.6) is 0 Å². The number of halogens is 1. The van der Waals surface area contributed by atoms with Gasteiger partial charge in [-0.25, -0.2) is 0 Å². The number of rotatable bonds is 4. The minimum absolute atomic E-state index is 0. The number of nitrogens with zero attached hydrogens (tertiary/aromatic N) is 1. The van der Waals surface area contributed by atoms with Crippen molar-refractivity contribution in [2.24, 2.45) is 23.5 Å². The Kier molecular flexibility index (Phi) is 6.83. The number of hydrogen-bond donors (Lipinski definition) is 2. The second-order valence-corrected chi connectivity index (χ2v) is 8.69. The van der Waals surface area contributed by atoms with Crippen LogP contribution in [0.15, 0.2) is 30.3 Å². The molecule has 5 heteroatoms. The number of carbonyl (C=O) groups is 1. The van der Waals surface area contributed by atoms with Gasteiger partial charge in [0.25, 0.3) is 0 Å². The van der Waals surface area contributed by atoms with Crippen LogP contribution in [-0.4, -0.2) is 34.5 Å². The van der Waals surface area contributed by atoms with E-state index in [1.807, 2.05) is 30.3 Å². The average Bonchev–Trinajstić information content (AvgIpc) is 3.09. The lowest BCUT2D eigenvalue weighted by molar-refractivity contribution is -0.140. The number of nitrogens with two attached hydrogens (primary N) is 1. The maximum Gasteiger partial charge on any atom is 0.225 e. The first-order chi connectivity index (χ1) is 12.6. The number of likely N-dealkylation sites (tertiary alicyclic amines) is 1. The number of fused-ring (bicyclic) bond motifs is 2. The molecule has 4 nitrogen and oxygen atoms in total. The number of aliphatic hydroxyl groups excluding tert-OH is 1. The molecule has 0 aromatic heterocycles. The van der Waals surface area contributed by atoms with Crippen molar-refractivity contribution >= 4 is 18.3 Å². The highest BCUT2D eigenvalue weighted by atomic mass is 35.5. The molecule has 1 aromatic carbocycles. The number of hydrogen-bond acceptors (Lipinski definition) is 3. The molecule has 2 bridgehead atoms.